The molecule has 17 heavy (non-hydrogen) atoms. The number of aromatic nitrogens is 2. The normalized spacial score (nSPS) is 16.5. The Morgan fingerprint density at radius 2 is 2.35 bits per heavy atom. The summed E-state index contributed by atoms with van der Waals surface area (Å²) in [6.07, 6.45) is 11.1. The van der Waals surface area contributed by atoms with Gasteiger partial charge in [-0.1, -0.05) is 19.4 Å². The van der Waals surface area contributed by atoms with Crippen molar-refractivity contribution < 1.29 is 0 Å². The van der Waals surface area contributed by atoms with Crippen LogP contribution in [0.15, 0.2) is 18.1 Å². The van der Waals surface area contributed by atoms with Gasteiger partial charge in [-0.3, -0.25) is 0 Å². The van der Waals surface area contributed by atoms with E-state index in [4.69, 9.17) is 0 Å². The maximum absolute atomic E-state index is 4.23. The number of rotatable bonds is 7. The summed E-state index contributed by atoms with van der Waals surface area (Å²) in [6.45, 7) is 6.50. The van der Waals surface area contributed by atoms with Gasteiger partial charge in [0.2, 0.25) is 0 Å². The second kappa shape index (κ2) is 6.01. The molecule has 1 saturated carbocycles. The largest absolute Gasteiger partial charge is 0.331 e. The van der Waals surface area contributed by atoms with Gasteiger partial charge in [0.25, 0.3) is 0 Å². The van der Waals surface area contributed by atoms with Crippen LogP contribution in [0.1, 0.15) is 45.2 Å². The van der Waals surface area contributed by atoms with Crippen molar-refractivity contribution in [2.24, 2.45) is 0 Å². The molecule has 0 aliphatic heterocycles. The van der Waals surface area contributed by atoms with E-state index in [9.17, 15) is 0 Å². The first-order valence-electron chi connectivity index (χ1n) is 6.76. The summed E-state index contributed by atoms with van der Waals surface area (Å²) in [4.78, 5) is 4.23. The molecule has 1 aliphatic carbocycles. The van der Waals surface area contributed by atoms with Gasteiger partial charge >= 0.3 is 0 Å². The van der Waals surface area contributed by atoms with Crippen LogP contribution in [-0.4, -0.2) is 22.1 Å². The maximum Gasteiger partial charge on any atom is 0.0950 e. The second-order valence-corrected chi connectivity index (χ2v) is 4.82. The van der Waals surface area contributed by atoms with Gasteiger partial charge in [0.1, 0.15) is 0 Å². The molecule has 1 aromatic heterocycles. The van der Waals surface area contributed by atoms with E-state index in [1.54, 1.807) is 0 Å². The van der Waals surface area contributed by atoms with Crippen LogP contribution in [0, 0.1) is 0 Å². The summed E-state index contributed by atoms with van der Waals surface area (Å²) in [7, 11) is 0. The standard InChI is InChI=1S/C14H23N3/c1-3-7-17-11-15-10-14(17)8-12(4-2)9-16-13-5-6-13/h8,10-11,13,16H,3-7,9H2,1-2H3. The molecule has 3 nitrogen and oxygen atoms in total. The first kappa shape index (κ1) is 12.4. The molecule has 2 rings (SSSR count). The Hall–Kier alpha value is -1.09. The van der Waals surface area contributed by atoms with E-state index in [-0.39, 0.29) is 0 Å². The molecule has 0 spiro atoms. The van der Waals surface area contributed by atoms with Crippen molar-refractivity contribution >= 4 is 6.08 Å². The quantitative estimate of drug-likeness (QED) is 0.785. The van der Waals surface area contributed by atoms with Crippen molar-refractivity contribution in [2.75, 3.05) is 6.54 Å². The fraction of sp³-hybridized carbons (Fsp3) is 0.643. The first-order chi connectivity index (χ1) is 8.33. The van der Waals surface area contributed by atoms with Gasteiger partial charge < -0.3 is 9.88 Å². The highest BCUT2D eigenvalue weighted by Crippen LogP contribution is 2.19. The fourth-order valence-electron chi connectivity index (χ4n) is 1.93. The number of imidazole rings is 1. The first-order valence-corrected chi connectivity index (χ1v) is 6.76. The molecule has 1 aromatic rings. The smallest absolute Gasteiger partial charge is 0.0950 e. The van der Waals surface area contributed by atoms with Gasteiger partial charge in [0.05, 0.1) is 18.2 Å². The number of nitrogens with zero attached hydrogens (tertiary/aromatic N) is 2. The van der Waals surface area contributed by atoms with Crippen LogP contribution in [0.3, 0.4) is 0 Å². The minimum absolute atomic E-state index is 0.783. The minimum Gasteiger partial charge on any atom is -0.331 e. The Bertz CT molecular complexity index is 375. The number of aryl methyl sites for hydroxylation is 1. The van der Waals surface area contributed by atoms with E-state index in [1.165, 1.54) is 24.1 Å². The van der Waals surface area contributed by atoms with Crippen molar-refractivity contribution in [3.8, 4) is 0 Å². The zero-order chi connectivity index (χ0) is 12.1. The third-order valence-corrected chi connectivity index (χ3v) is 3.21. The predicted octanol–water partition coefficient (Wildman–Crippen LogP) is 2.84. The van der Waals surface area contributed by atoms with Gasteiger partial charge in [-0.2, -0.15) is 0 Å². The average molecular weight is 233 g/mol. The highest BCUT2D eigenvalue weighted by molar-refractivity contribution is 5.49. The van der Waals surface area contributed by atoms with Crippen LogP contribution in [0.5, 0.6) is 0 Å². The summed E-state index contributed by atoms with van der Waals surface area (Å²) in [5, 5.41) is 3.57. The topological polar surface area (TPSA) is 29.9 Å². The van der Waals surface area contributed by atoms with E-state index in [0.717, 1.165) is 32.0 Å². The summed E-state index contributed by atoms with van der Waals surface area (Å²) < 4.78 is 2.23. The van der Waals surface area contributed by atoms with Crippen molar-refractivity contribution in [2.45, 2.75) is 52.1 Å². The third kappa shape index (κ3) is 3.70. The van der Waals surface area contributed by atoms with Crippen molar-refractivity contribution in [1.82, 2.24) is 14.9 Å². The van der Waals surface area contributed by atoms with Crippen LogP contribution in [0.2, 0.25) is 0 Å². The second-order valence-electron chi connectivity index (χ2n) is 4.82. The molecule has 0 atom stereocenters. The number of nitrogens with one attached hydrogen (secondary N) is 1. The molecule has 0 radical (unpaired) electrons. The third-order valence-electron chi connectivity index (χ3n) is 3.21. The molecular formula is C14H23N3. The molecule has 0 unspecified atom stereocenters. The average Bonchev–Trinajstić information content (AvgIpc) is 3.07. The molecule has 0 aromatic carbocycles. The van der Waals surface area contributed by atoms with Crippen LogP contribution < -0.4 is 5.32 Å². The molecule has 1 heterocycles. The highest BCUT2D eigenvalue weighted by atomic mass is 15.0. The Kier molecular flexibility index (Phi) is 4.37. The van der Waals surface area contributed by atoms with Crippen LogP contribution in [0.4, 0.5) is 0 Å². The molecule has 0 amide bonds. The Morgan fingerprint density at radius 3 is 3.00 bits per heavy atom. The van der Waals surface area contributed by atoms with Crippen molar-refractivity contribution in [1.29, 1.82) is 0 Å². The monoisotopic (exact) mass is 233 g/mol. The number of hydrogen-bond acceptors (Lipinski definition) is 2. The van der Waals surface area contributed by atoms with Crippen LogP contribution in [0.25, 0.3) is 6.08 Å². The lowest BCUT2D eigenvalue weighted by atomic mass is 10.1. The van der Waals surface area contributed by atoms with Gasteiger partial charge in [0, 0.05) is 19.1 Å². The Labute approximate surface area is 104 Å². The summed E-state index contributed by atoms with van der Waals surface area (Å²) in [6, 6.07) is 0.783. The molecular weight excluding hydrogens is 210 g/mol. The summed E-state index contributed by atoms with van der Waals surface area (Å²) in [5.41, 5.74) is 2.70. The van der Waals surface area contributed by atoms with E-state index < -0.39 is 0 Å². The molecule has 94 valence electrons. The Morgan fingerprint density at radius 1 is 1.53 bits per heavy atom. The summed E-state index contributed by atoms with van der Waals surface area (Å²) in [5.74, 6) is 0. The zero-order valence-electron chi connectivity index (χ0n) is 10.9. The van der Waals surface area contributed by atoms with Gasteiger partial charge in [-0.25, -0.2) is 4.98 Å². The molecule has 1 N–H and O–H groups in total. The maximum atomic E-state index is 4.23. The van der Waals surface area contributed by atoms with E-state index in [2.05, 4.69) is 34.8 Å². The SMILES string of the molecule is CCCn1cncc1C=C(CC)CNC1CC1. The minimum atomic E-state index is 0.783. The molecule has 3 heteroatoms. The lowest BCUT2D eigenvalue weighted by Gasteiger charge is -2.08. The molecule has 1 aliphatic rings. The summed E-state index contributed by atoms with van der Waals surface area (Å²) >= 11 is 0. The molecule has 0 saturated heterocycles. The predicted molar refractivity (Wildman–Crippen MR) is 71.8 cm³/mol. The van der Waals surface area contributed by atoms with Gasteiger partial charge in [-0.15, -0.1) is 0 Å². The lowest BCUT2D eigenvalue weighted by molar-refractivity contribution is 0.672. The van der Waals surface area contributed by atoms with Crippen LogP contribution in [-0.2, 0) is 6.54 Å². The Balaban J connectivity index is 1.99. The van der Waals surface area contributed by atoms with Crippen molar-refractivity contribution in [3.05, 3.63) is 23.8 Å². The zero-order valence-corrected chi connectivity index (χ0v) is 10.9. The fourth-order valence-corrected chi connectivity index (χ4v) is 1.93. The van der Waals surface area contributed by atoms with E-state index in [0.29, 0.717) is 0 Å². The number of hydrogen-bond donors (Lipinski definition) is 1. The molecule has 1 fully saturated rings. The van der Waals surface area contributed by atoms with Crippen molar-refractivity contribution in [3.63, 3.8) is 0 Å². The molecule has 0 bridgehead atoms. The van der Waals surface area contributed by atoms with Gasteiger partial charge in [-0.05, 0) is 31.8 Å². The van der Waals surface area contributed by atoms with E-state index in [1.807, 2.05) is 12.5 Å². The lowest BCUT2D eigenvalue weighted by Crippen LogP contribution is -2.19. The van der Waals surface area contributed by atoms with Crippen LogP contribution >= 0.6 is 0 Å². The van der Waals surface area contributed by atoms with E-state index >= 15 is 0 Å². The highest BCUT2D eigenvalue weighted by Gasteiger charge is 2.20. The van der Waals surface area contributed by atoms with Gasteiger partial charge in [0.15, 0.2) is 0 Å².